The van der Waals surface area contributed by atoms with Crippen LogP contribution in [0.5, 0.6) is 17.2 Å². The quantitative estimate of drug-likeness (QED) is 0.430. The molecular formula is C26H26N2O7. The Kier molecular flexibility index (Phi) is 8.66. The van der Waals surface area contributed by atoms with Crippen LogP contribution in [0.15, 0.2) is 66.7 Å². The van der Waals surface area contributed by atoms with E-state index in [1.807, 2.05) is 42.5 Å². The van der Waals surface area contributed by atoms with Gasteiger partial charge in [0.2, 0.25) is 5.75 Å². The smallest absolute Gasteiger partial charge is 0.325 e. The maximum absolute atomic E-state index is 12.5. The minimum atomic E-state index is -0.766. The summed E-state index contributed by atoms with van der Waals surface area (Å²) < 4.78 is 20.7. The van der Waals surface area contributed by atoms with Gasteiger partial charge in [-0.15, -0.1) is 0 Å². The van der Waals surface area contributed by atoms with E-state index in [9.17, 15) is 14.4 Å². The monoisotopic (exact) mass is 478 g/mol. The molecule has 2 amide bonds. The normalized spacial score (nSPS) is 10.1. The number of para-hydroxylation sites is 1. The summed E-state index contributed by atoms with van der Waals surface area (Å²) in [6.07, 6.45) is 0. The summed E-state index contributed by atoms with van der Waals surface area (Å²) in [5, 5.41) is 5.19. The molecule has 0 saturated heterocycles. The second-order valence-corrected chi connectivity index (χ2v) is 7.22. The second kappa shape index (κ2) is 12.1. The van der Waals surface area contributed by atoms with Crippen LogP contribution in [0, 0.1) is 0 Å². The maximum Gasteiger partial charge on any atom is 0.325 e. The molecule has 9 heteroatoms. The Labute approximate surface area is 203 Å². The van der Waals surface area contributed by atoms with Crippen LogP contribution in [0.3, 0.4) is 0 Å². The molecule has 0 aliphatic carbocycles. The molecule has 0 spiro atoms. The van der Waals surface area contributed by atoms with Crippen molar-refractivity contribution in [2.24, 2.45) is 0 Å². The van der Waals surface area contributed by atoms with Crippen molar-refractivity contribution in [1.29, 1.82) is 0 Å². The summed E-state index contributed by atoms with van der Waals surface area (Å²) in [7, 11) is 4.31. The van der Waals surface area contributed by atoms with Gasteiger partial charge in [-0.2, -0.15) is 0 Å². The number of hydrogen-bond donors (Lipinski definition) is 2. The van der Waals surface area contributed by atoms with Gasteiger partial charge in [-0.25, -0.2) is 0 Å². The third-order valence-electron chi connectivity index (χ3n) is 4.97. The molecule has 2 N–H and O–H groups in total. The van der Waals surface area contributed by atoms with Crippen molar-refractivity contribution in [2.45, 2.75) is 0 Å². The van der Waals surface area contributed by atoms with Crippen LogP contribution in [0.1, 0.15) is 10.4 Å². The summed E-state index contributed by atoms with van der Waals surface area (Å²) >= 11 is 0. The molecule has 3 aromatic carbocycles. The van der Waals surface area contributed by atoms with Gasteiger partial charge < -0.3 is 29.6 Å². The number of anilines is 1. The molecule has 0 heterocycles. The van der Waals surface area contributed by atoms with E-state index in [0.717, 1.165) is 11.1 Å². The van der Waals surface area contributed by atoms with E-state index in [1.54, 1.807) is 12.1 Å². The fourth-order valence-corrected chi connectivity index (χ4v) is 3.31. The highest BCUT2D eigenvalue weighted by atomic mass is 16.5. The van der Waals surface area contributed by atoms with Crippen molar-refractivity contribution < 1.29 is 33.3 Å². The summed E-state index contributed by atoms with van der Waals surface area (Å²) in [5.74, 6) is -0.887. The Morgan fingerprint density at radius 1 is 0.800 bits per heavy atom. The van der Waals surface area contributed by atoms with Crippen molar-refractivity contribution in [2.75, 3.05) is 39.8 Å². The van der Waals surface area contributed by atoms with Crippen LogP contribution in [0.2, 0.25) is 0 Å². The minimum Gasteiger partial charge on any atom is -0.493 e. The zero-order valence-corrected chi connectivity index (χ0v) is 19.6. The van der Waals surface area contributed by atoms with E-state index in [2.05, 4.69) is 10.6 Å². The lowest BCUT2D eigenvalue weighted by Gasteiger charge is -2.14. The Morgan fingerprint density at radius 2 is 1.43 bits per heavy atom. The summed E-state index contributed by atoms with van der Waals surface area (Å²) in [4.78, 5) is 36.9. The molecule has 0 fully saturated rings. The van der Waals surface area contributed by atoms with Crippen molar-refractivity contribution in [3.63, 3.8) is 0 Å². The number of carbonyl (C=O) groups excluding carboxylic acids is 3. The molecule has 0 aliphatic rings. The average molecular weight is 479 g/mol. The second-order valence-electron chi connectivity index (χ2n) is 7.22. The lowest BCUT2D eigenvalue weighted by atomic mass is 10.0. The summed E-state index contributed by atoms with van der Waals surface area (Å²) in [6, 6.07) is 19.8. The number of amides is 2. The Morgan fingerprint density at radius 3 is 2.06 bits per heavy atom. The van der Waals surface area contributed by atoms with Crippen molar-refractivity contribution >= 4 is 23.5 Å². The van der Waals surface area contributed by atoms with Gasteiger partial charge >= 0.3 is 5.97 Å². The molecule has 9 nitrogen and oxygen atoms in total. The van der Waals surface area contributed by atoms with Gasteiger partial charge in [0.1, 0.15) is 6.54 Å². The first-order chi connectivity index (χ1) is 17.0. The number of nitrogens with one attached hydrogen (secondary N) is 2. The molecule has 0 unspecified atom stereocenters. The van der Waals surface area contributed by atoms with Crippen LogP contribution in [0.4, 0.5) is 5.69 Å². The fraction of sp³-hybridized carbons (Fsp3) is 0.192. The largest absolute Gasteiger partial charge is 0.493 e. The fourth-order valence-electron chi connectivity index (χ4n) is 3.31. The lowest BCUT2D eigenvalue weighted by Crippen LogP contribution is -2.32. The Bertz CT molecular complexity index is 1170. The first kappa shape index (κ1) is 25.1. The first-order valence-electron chi connectivity index (χ1n) is 10.6. The van der Waals surface area contributed by atoms with E-state index < -0.39 is 30.9 Å². The van der Waals surface area contributed by atoms with E-state index in [0.29, 0.717) is 22.9 Å². The number of hydrogen-bond acceptors (Lipinski definition) is 7. The molecule has 0 aliphatic heterocycles. The Balaban J connectivity index is 1.53. The van der Waals surface area contributed by atoms with Crippen LogP contribution in [-0.2, 0) is 14.3 Å². The van der Waals surface area contributed by atoms with E-state index in [1.165, 1.54) is 33.5 Å². The third kappa shape index (κ3) is 6.50. The average Bonchev–Trinajstić information content (AvgIpc) is 2.90. The van der Waals surface area contributed by atoms with E-state index in [-0.39, 0.29) is 5.56 Å². The predicted molar refractivity (Wildman–Crippen MR) is 130 cm³/mol. The minimum absolute atomic E-state index is 0.197. The van der Waals surface area contributed by atoms with Gasteiger partial charge in [-0.1, -0.05) is 48.5 Å². The molecule has 3 rings (SSSR count). The zero-order valence-electron chi connectivity index (χ0n) is 19.6. The highest BCUT2D eigenvalue weighted by Gasteiger charge is 2.18. The number of rotatable bonds is 10. The number of ether oxygens (including phenoxy) is 4. The number of esters is 1. The zero-order chi connectivity index (χ0) is 25.2. The molecule has 0 aromatic heterocycles. The molecule has 0 radical (unpaired) electrons. The SMILES string of the molecule is COc1cc(C(=O)NCC(=O)OCC(=O)Nc2ccccc2-c2ccccc2)cc(OC)c1OC. The first-order valence-corrected chi connectivity index (χ1v) is 10.6. The third-order valence-corrected chi connectivity index (χ3v) is 4.97. The standard InChI is InChI=1S/C26H26N2O7/c1-32-21-13-18(14-22(33-2)25(21)34-3)26(31)27-15-24(30)35-16-23(29)28-20-12-8-7-11-19(20)17-9-5-4-6-10-17/h4-14H,15-16H2,1-3H3,(H,27,31)(H,28,29). The highest BCUT2D eigenvalue weighted by molar-refractivity contribution is 5.98. The number of carbonyl (C=O) groups is 3. The lowest BCUT2D eigenvalue weighted by molar-refractivity contribution is -0.146. The van der Waals surface area contributed by atoms with Crippen molar-refractivity contribution in [3.05, 3.63) is 72.3 Å². The summed E-state index contributed by atoms with van der Waals surface area (Å²) in [6.45, 7) is -0.925. The number of benzene rings is 3. The molecule has 0 saturated carbocycles. The van der Waals surface area contributed by atoms with Gasteiger partial charge in [-0.3, -0.25) is 14.4 Å². The van der Waals surface area contributed by atoms with Gasteiger partial charge in [0.15, 0.2) is 18.1 Å². The van der Waals surface area contributed by atoms with Crippen molar-refractivity contribution in [1.82, 2.24) is 5.32 Å². The maximum atomic E-state index is 12.5. The highest BCUT2D eigenvalue weighted by Crippen LogP contribution is 2.38. The van der Waals surface area contributed by atoms with Gasteiger partial charge in [0, 0.05) is 16.8 Å². The van der Waals surface area contributed by atoms with Gasteiger partial charge in [0.05, 0.1) is 21.3 Å². The summed E-state index contributed by atoms with van der Waals surface area (Å²) in [5.41, 5.74) is 2.57. The molecular weight excluding hydrogens is 452 g/mol. The van der Waals surface area contributed by atoms with E-state index >= 15 is 0 Å². The topological polar surface area (TPSA) is 112 Å². The molecule has 0 atom stereocenters. The van der Waals surface area contributed by atoms with Crippen LogP contribution in [-0.4, -0.2) is 52.3 Å². The van der Waals surface area contributed by atoms with Gasteiger partial charge in [-0.05, 0) is 23.8 Å². The molecule has 3 aromatic rings. The van der Waals surface area contributed by atoms with Crippen LogP contribution in [0.25, 0.3) is 11.1 Å². The van der Waals surface area contributed by atoms with Crippen LogP contribution >= 0.6 is 0 Å². The van der Waals surface area contributed by atoms with Gasteiger partial charge in [0.25, 0.3) is 11.8 Å². The van der Waals surface area contributed by atoms with E-state index in [4.69, 9.17) is 18.9 Å². The molecule has 35 heavy (non-hydrogen) atoms. The Hall–Kier alpha value is -4.53. The molecule has 182 valence electrons. The predicted octanol–water partition coefficient (Wildman–Crippen LogP) is 3.29. The molecule has 0 bridgehead atoms. The van der Waals surface area contributed by atoms with Crippen molar-refractivity contribution in [3.8, 4) is 28.4 Å². The number of methoxy groups -OCH3 is 3. The van der Waals surface area contributed by atoms with Crippen LogP contribution < -0.4 is 24.8 Å².